The van der Waals surface area contributed by atoms with Crippen LogP contribution in [0.15, 0.2) is 36.4 Å². The van der Waals surface area contributed by atoms with Crippen molar-refractivity contribution >= 4 is 11.6 Å². The van der Waals surface area contributed by atoms with E-state index in [1.165, 1.54) is 24.8 Å². The maximum absolute atomic E-state index is 12.0. The molecule has 2 atom stereocenters. The molecule has 1 amide bonds. The summed E-state index contributed by atoms with van der Waals surface area (Å²) in [6, 6.07) is 8.19. The molecule has 108 valence electrons. The summed E-state index contributed by atoms with van der Waals surface area (Å²) in [6.45, 7) is 2.21. The summed E-state index contributed by atoms with van der Waals surface area (Å²) in [5.74, 6) is -0.0536. The Morgan fingerprint density at radius 1 is 1.25 bits per heavy atom. The second kappa shape index (κ2) is 7.25. The maximum Gasteiger partial charge on any atom is 0.231 e. The Morgan fingerprint density at radius 2 is 2.00 bits per heavy atom. The zero-order valence-corrected chi connectivity index (χ0v) is 12.1. The number of unbranched alkanes of at least 4 members (excludes halogenated alkanes) is 2. The van der Waals surface area contributed by atoms with Gasteiger partial charge in [0.05, 0.1) is 5.92 Å². The first-order valence-electron chi connectivity index (χ1n) is 7.52. The molecule has 0 aromatic heterocycles. The molecule has 0 saturated carbocycles. The Hall–Kier alpha value is -1.61. The van der Waals surface area contributed by atoms with Crippen molar-refractivity contribution in [1.82, 2.24) is 0 Å². The Kier molecular flexibility index (Phi) is 5.36. The SMILES string of the molecule is CCCCCc1ccc(NC(=O)C2C=CC(N)C2)cc1. The summed E-state index contributed by atoms with van der Waals surface area (Å²) in [5.41, 5.74) is 7.96. The number of benzene rings is 1. The van der Waals surface area contributed by atoms with Crippen molar-refractivity contribution in [3.63, 3.8) is 0 Å². The van der Waals surface area contributed by atoms with Crippen molar-refractivity contribution in [3.8, 4) is 0 Å². The molecular formula is C17H24N2O. The Bertz CT molecular complexity index is 464. The van der Waals surface area contributed by atoms with Gasteiger partial charge in [0.25, 0.3) is 0 Å². The van der Waals surface area contributed by atoms with Gasteiger partial charge in [-0.1, -0.05) is 44.1 Å². The summed E-state index contributed by atoms with van der Waals surface area (Å²) in [7, 11) is 0. The number of hydrogen-bond acceptors (Lipinski definition) is 2. The third kappa shape index (κ3) is 4.20. The average molecular weight is 272 g/mol. The van der Waals surface area contributed by atoms with E-state index in [0.29, 0.717) is 6.42 Å². The van der Waals surface area contributed by atoms with E-state index in [4.69, 9.17) is 5.73 Å². The van der Waals surface area contributed by atoms with Gasteiger partial charge in [-0.2, -0.15) is 0 Å². The highest BCUT2D eigenvalue weighted by atomic mass is 16.1. The summed E-state index contributed by atoms with van der Waals surface area (Å²) in [6.07, 6.45) is 9.37. The molecule has 0 radical (unpaired) electrons. The zero-order valence-electron chi connectivity index (χ0n) is 12.1. The van der Waals surface area contributed by atoms with Crippen LogP contribution < -0.4 is 11.1 Å². The quantitative estimate of drug-likeness (QED) is 0.617. The molecule has 0 heterocycles. The van der Waals surface area contributed by atoms with Crippen LogP contribution in [0.1, 0.15) is 38.2 Å². The summed E-state index contributed by atoms with van der Waals surface area (Å²) in [4.78, 5) is 12.0. The lowest BCUT2D eigenvalue weighted by atomic mass is 10.1. The van der Waals surface area contributed by atoms with E-state index in [-0.39, 0.29) is 17.9 Å². The molecule has 1 aliphatic carbocycles. The van der Waals surface area contributed by atoms with Crippen LogP contribution in [0.4, 0.5) is 5.69 Å². The molecule has 3 nitrogen and oxygen atoms in total. The third-order valence-corrected chi connectivity index (χ3v) is 3.74. The fraction of sp³-hybridized carbons (Fsp3) is 0.471. The minimum absolute atomic E-state index is 0.0201. The van der Waals surface area contributed by atoms with Gasteiger partial charge in [-0.15, -0.1) is 0 Å². The van der Waals surface area contributed by atoms with Gasteiger partial charge in [0.2, 0.25) is 5.91 Å². The molecule has 1 aromatic carbocycles. The smallest absolute Gasteiger partial charge is 0.231 e. The number of anilines is 1. The van der Waals surface area contributed by atoms with Crippen LogP contribution in [-0.4, -0.2) is 11.9 Å². The Morgan fingerprint density at radius 3 is 2.60 bits per heavy atom. The molecule has 20 heavy (non-hydrogen) atoms. The topological polar surface area (TPSA) is 55.1 Å². The fourth-order valence-corrected chi connectivity index (χ4v) is 2.49. The zero-order chi connectivity index (χ0) is 14.4. The molecule has 0 aliphatic heterocycles. The van der Waals surface area contributed by atoms with Crippen LogP contribution in [0.3, 0.4) is 0 Å². The molecule has 0 spiro atoms. The molecule has 0 bridgehead atoms. The number of aryl methyl sites for hydroxylation is 1. The Labute approximate surface area is 121 Å². The minimum Gasteiger partial charge on any atom is -0.326 e. The van der Waals surface area contributed by atoms with Crippen LogP contribution in [0.25, 0.3) is 0 Å². The van der Waals surface area contributed by atoms with Gasteiger partial charge >= 0.3 is 0 Å². The largest absolute Gasteiger partial charge is 0.326 e. The molecule has 2 unspecified atom stereocenters. The first-order valence-corrected chi connectivity index (χ1v) is 7.52. The van der Waals surface area contributed by atoms with Crippen molar-refractivity contribution in [2.45, 2.75) is 45.1 Å². The number of nitrogens with one attached hydrogen (secondary N) is 1. The molecule has 3 N–H and O–H groups in total. The summed E-state index contributed by atoms with van der Waals surface area (Å²) >= 11 is 0. The van der Waals surface area contributed by atoms with E-state index >= 15 is 0 Å². The fourth-order valence-electron chi connectivity index (χ4n) is 2.49. The second-order valence-electron chi connectivity index (χ2n) is 5.53. The van der Waals surface area contributed by atoms with Crippen LogP contribution >= 0.6 is 0 Å². The van der Waals surface area contributed by atoms with Crippen molar-refractivity contribution in [3.05, 3.63) is 42.0 Å². The first-order chi connectivity index (χ1) is 9.69. The number of carbonyl (C=O) groups excluding carboxylic acids is 1. The molecule has 1 aliphatic rings. The third-order valence-electron chi connectivity index (χ3n) is 3.74. The first kappa shape index (κ1) is 14.8. The van der Waals surface area contributed by atoms with Gasteiger partial charge in [0, 0.05) is 11.7 Å². The number of hydrogen-bond donors (Lipinski definition) is 2. The van der Waals surface area contributed by atoms with E-state index in [1.807, 2.05) is 24.3 Å². The maximum atomic E-state index is 12.0. The highest BCUT2D eigenvalue weighted by molar-refractivity contribution is 5.94. The molecule has 2 rings (SSSR count). The highest BCUT2D eigenvalue weighted by Crippen LogP contribution is 2.19. The van der Waals surface area contributed by atoms with Gasteiger partial charge in [-0.05, 0) is 37.0 Å². The van der Waals surface area contributed by atoms with Crippen LogP contribution in [-0.2, 0) is 11.2 Å². The van der Waals surface area contributed by atoms with Gasteiger partial charge in [-0.3, -0.25) is 4.79 Å². The lowest BCUT2D eigenvalue weighted by Crippen LogP contribution is -2.23. The Balaban J connectivity index is 1.84. The predicted molar refractivity (Wildman–Crippen MR) is 83.5 cm³/mol. The second-order valence-corrected chi connectivity index (χ2v) is 5.53. The van der Waals surface area contributed by atoms with E-state index < -0.39 is 0 Å². The summed E-state index contributed by atoms with van der Waals surface area (Å²) in [5, 5.41) is 2.95. The van der Waals surface area contributed by atoms with Crippen molar-refractivity contribution in [1.29, 1.82) is 0 Å². The van der Waals surface area contributed by atoms with E-state index in [1.54, 1.807) is 0 Å². The number of rotatable bonds is 6. The minimum atomic E-state index is -0.0887. The molecule has 0 fully saturated rings. The highest BCUT2D eigenvalue weighted by Gasteiger charge is 2.22. The van der Waals surface area contributed by atoms with Gasteiger partial charge < -0.3 is 11.1 Å². The lowest BCUT2D eigenvalue weighted by Gasteiger charge is -2.11. The van der Waals surface area contributed by atoms with Crippen LogP contribution in [0.2, 0.25) is 0 Å². The molecule has 3 heteroatoms. The van der Waals surface area contributed by atoms with Crippen molar-refractivity contribution in [2.75, 3.05) is 5.32 Å². The number of carbonyl (C=O) groups is 1. The predicted octanol–water partition coefficient (Wildman–Crippen LogP) is 3.26. The van der Waals surface area contributed by atoms with Crippen LogP contribution in [0, 0.1) is 5.92 Å². The molecule has 1 aromatic rings. The van der Waals surface area contributed by atoms with E-state index in [0.717, 1.165) is 12.1 Å². The average Bonchev–Trinajstić information content (AvgIpc) is 2.88. The standard InChI is InChI=1S/C17H24N2O/c1-2-3-4-5-13-6-10-16(11-7-13)19-17(20)14-8-9-15(18)12-14/h6-11,14-15H,2-5,12,18H2,1H3,(H,19,20). The van der Waals surface area contributed by atoms with Gasteiger partial charge in [-0.25, -0.2) is 0 Å². The lowest BCUT2D eigenvalue weighted by molar-refractivity contribution is -0.118. The van der Waals surface area contributed by atoms with E-state index in [9.17, 15) is 4.79 Å². The molecular weight excluding hydrogens is 248 g/mol. The summed E-state index contributed by atoms with van der Waals surface area (Å²) < 4.78 is 0. The van der Waals surface area contributed by atoms with Crippen LogP contribution in [0.5, 0.6) is 0 Å². The van der Waals surface area contributed by atoms with Gasteiger partial charge in [0.1, 0.15) is 0 Å². The number of nitrogens with two attached hydrogens (primary N) is 1. The van der Waals surface area contributed by atoms with E-state index in [2.05, 4.69) is 24.4 Å². The molecule has 0 saturated heterocycles. The monoisotopic (exact) mass is 272 g/mol. The normalized spacial score (nSPS) is 21.1. The van der Waals surface area contributed by atoms with Gasteiger partial charge in [0.15, 0.2) is 0 Å². The number of amides is 1. The van der Waals surface area contributed by atoms with Crippen molar-refractivity contribution < 1.29 is 4.79 Å². The van der Waals surface area contributed by atoms with Crippen molar-refractivity contribution in [2.24, 2.45) is 11.7 Å².